The molecule has 7 heteroatoms. The van der Waals surface area contributed by atoms with Gasteiger partial charge in [-0.15, -0.1) is 0 Å². The highest BCUT2D eigenvalue weighted by atomic mass is 35.5. The summed E-state index contributed by atoms with van der Waals surface area (Å²) >= 11 is 5.98. The number of halogens is 1. The van der Waals surface area contributed by atoms with Crippen LogP contribution in [0.15, 0.2) is 18.2 Å². The van der Waals surface area contributed by atoms with Crippen LogP contribution >= 0.6 is 11.6 Å². The molecule has 0 aromatic heterocycles. The van der Waals surface area contributed by atoms with Gasteiger partial charge in [0.05, 0.1) is 12.6 Å². The van der Waals surface area contributed by atoms with E-state index in [1.54, 1.807) is 25.1 Å². The second kappa shape index (κ2) is 6.43. The molecule has 2 atom stereocenters. The largest absolute Gasteiger partial charge is 0.480 e. The SMILES string of the molecule is Cc1c(Cl)cccc1NC(=O)CN1CC(O)CC1C(=O)O. The molecular formula is C14H17ClN2O4. The van der Waals surface area contributed by atoms with Gasteiger partial charge >= 0.3 is 5.97 Å². The molecule has 21 heavy (non-hydrogen) atoms. The summed E-state index contributed by atoms with van der Waals surface area (Å²) < 4.78 is 0. The molecule has 1 aromatic carbocycles. The van der Waals surface area contributed by atoms with Crippen LogP contribution in [0.1, 0.15) is 12.0 Å². The number of benzene rings is 1. The van der Waals surface area contributed by atoms with Crippen LogP contribution in [0, 0.1) is 6.92 Å². The average Bonchev–Trinajstić information content (AvgIpc) is 2.76. The Balaban J connectivity index is 2.01. The second-order valence-corrected chi connectivity index (χ2v) is 5.54. The third-order valence-electron chi connectivity index (χ3n) is 3.55. The van der Waals surface area contributed by atoms with E-state index >= 15 is 0 Å². The third kappa shape index (κ3) is 3.72. The van der Waals surface area contributed by atoms with Crippen molar-refractivity contribution in [2.75, 3.05) is 18.4 Å². The minimum absolute atomic E-state index is 0.0834. The highest BCUT2D eigenvalue weighted by Crippen LogP contribution is 2.23. The number of likely N-dealkylation sites (tertiary alicyclic amines) is 1. The maximum atomic E-state index is 12.0. The average molecular weight is 313 g/mol. The van der Waals surface area contributed by atoms with Gasteiger partial charge in [0, 0.05) is 23.7 Å². The van der Waals surface area contributed by atoms with Gasteiger partial charge in [-0.1, -0.05) is 17.7 Å². The summed E-state index contributed by atoms with van der Waals surface area (Å²) in [4.78, 5) is 24.6. The minimum atomic E-state index is -1.03. The molecule has 1 aliphatic heterocycles. The highest BCUT2D eigenvalue weighted by Gasteiger charge is 2.36. The maximum absolute atomic E-state index is 12.0. The molecule has 0 spiro atoms. The van der Waals surface area contributed by atoms with Crippen LogP contribution in [0.25, 0.3) is 0 Å². The predicted octanol–water partition coefficient (Wildman–Crippen LogP) is 1.11. The number of β-amino-alcohol motifs (C(OH)–C–C–N with tert-alkyl or cyclic N) is 1. The number of carbonyl (C=O) groups excluding carboxylic acids is 1. The number of amides is 1. The Morgan fingerprint density at radius 3 is 2.86 bits per heavy atom. The fourth-order valence-electron chi connectivity index (χ4n) is 2.43. The number of carbonyl (C=O) groups is 2. The van der Waals surface area contributed by atoms with Crippen molar-refractivity contribution in [3.05, 3.63) is 28.8 Å². The van der Waals surface area contributed by atoms with Crippen molar-refractivity contribution in [3.8, 4) is 0 Å². The summed E-state index contributed by atoms with van der Waals surface area (Å²) in [7, 11) is 0. The zero-order chi connectivity index (χ0) is 15.6. The van der Waals surface area contributed by atoms with Crippen LogP contribution in [0.2, 0.25) is 5.02 Å². The van der Waals surface area contributed by atoms with Crippen molar-refractivity contribution in [1.29, 1.82) is 0 Å². The van der Waals surface area contributed by atoms with Crippen LogP contribution in [0.5, 0.6) is 0 Å². The van der Waals surface area contributed by atoms with E-state index in [0.717, 1.165) is 5.56 Å². The van der Waals surface area contributed by atoms with Crippen LogP contribution in [0.4, 0.5) is 5.69 Å². The van der Waals surface area contributed by atoms with Crippen LogP contribution < -0.4 is 5.32 Å². The summed E-state index contributed by atoms with van der Waals surface area (Å²) in [5.41, 5.74) is 1.35. The first-order valence-electron chi connectivity index (χ1n) is 6.58. The van der Waals surface area contributed by atoms with Crippen molar-refractivity contribution < 1.29 is 19.8 Å². The Bertz CT molecular complexity index is 564. The molecule has 2 unspecified atom stereocenters. The van der Waals surface area contributed by atoms with E-state index in [1.807, 2.05) is 0 Å². The number of carboxylic acids is 1. The number of anilines is 1. The van der Waals surface area contributed by atoms with Crippen molar-refractivity contribution in [3.63, 3.8) is 0 Å². The van der Waals surface area contributed by atoms with E-state index in [1.165, 1.54) is 4.90 Å². The molecule has 1 aliphatic rings. The van der Waals surface area contributed by atoms with Gasteiger partial charge in [0.25, 0.3) is 0 Å². The Hall–Kier alpha value is -1.63. The van der Waals surface area contributed by atoms with E-state index < -0.39 is 18.1 Å². The van der Waals surface area contributed by atoms with Crippen molar-refractivity contribution in [1.82, 2.24) is 4.90 Å². The molecule has 0 radical (unpaired) electrons. The van der Waals surface area contributed by atoms with Crippen molar-refractivity contribution in [2.24, 2.45) is 0 Å². The number of nitrogens with zero attached hydrogens (tertiary/aromatic N) is 1. The van der Waals surface area contributed by atoms with E-state index in [9.17, 15) is 14.7 Å². The molecule has 1 amide bonds. The first-order valence-corrected chi connectivity index (χ1v) is 6.96. The number of hydrogen-bond acceptors (Lipinski definition) is 4. The van der Waals surface area contributed by atoms with E-state index in [-0.39, 0.29) is 25.4 Å². The third-order valence-corrected chi connectivity index (χ3v) is 3.96. The summed E-state index contributed by atoms with van der Waals surface area (Å²) in [5, 5.41) is 21.9. The number of hydrogen-bond donors (Lipinski definition) is 3. The number of nitrogens with one attached hydrogen (secondary N) is 1. The zero-order valence-electron chi connectivity index (χ0n) is 11.5. The van der Waals surface area contributed by atoms with Gasteiger partial charge in [-0.2, -0.15) is 0 Å². The molecule has 1 saturated heterocycles. The van der Waals surface area contributed by atoms with Gasteiger partial charge in [-0.3, -0.25) is 14.5 Å². The predicted molar refractivity (Wildman–Crippen MR) is 78.4 cm³/mol. The molecule has 1 aromatic rings. The standard InChI is InChI=1S/C14H17ClN2O4/c1-8-10(15)3-2-4-11(8)16-13(19)7-17-6-9(18)5-12(17)14(20)21/h2-4,9,12,18H,5-7H2,1H3,(H,16,19)(H,20,21). The van der Waals surface area contributed by atoms with E-state index in [0.29, 0.717) is 10.7 Å². The van der Waals surface area contributed by atoms with Gasteiger partial charge in [-0.05, 0) is 24.6 Å². The Labute approximate surface area is 127 Å². The monoisotopic (exact) mass is 312 g/mol. The van der Waals surface area contributed by atoms with Gasteiger partial charge in [-0.25, -0.2) is 0 Å². The summed E-state index contributed by atoms with van der Waals surface area (Å²) in [6.45, 7) is 1.89. The molecule has 1 heterocycles. The lowest BCUT2D eigenvalue weighted by Gasteiger charge is -2.20. The fraction of sp³-hybridized carbons (Fsp3) is 0.429. The molecule has 1 fully saturated rings. The molecule has 0 aliphatic carbocycles. The Morgan fingerprint density at radius 1 is 1.48 bits per heavy atom. The first-order chi connectivity index (χ1) is 9.88. The lowest BCUT2D eigenvalue weighted by Crippen LogP contribution is -2.41. The molecule has 0 saturated carbocycles. The summed E-state index contributed by atoms with van der Waals surface area (Å²) in [6, 6.07) is 4.35. The number of aliphatic hydroxyl groups is 1. The summed E-state index contributed by atoms with van der Waals surface area (Å²) in [5.74, 6) is -1.36. The van der Waals surface area contributed by atoms with Crippen LogP contribution in [-0.4, -0.2) is 52.2 Å². The lowest BCUT2D eigenvalue weighted by atomic mass is 10.2. The summed E-state index contributed by atoms with van der Waals surface area (Å²) in [6.07, 6.45) is -0.578. The normalized spacial score (nSPS) is 22.2. The minimum Gasteiger partial charge on any atom is -0.480 e. The van der Waals surface area contributed by atoms with Crippen LogP contribution in [-0.2, 0) is 9.59 Å². The molecule has 3 N–H and O–H groups in total. The Kier molecular flexibility index (Phi) is 4.82. The number of rotatable bonds is 4. The smallest absolute Gasteiger partial charge is 0.321 e. The van der Waals surface area contributed by atoms with Gasteiger partial charge in [0.2, 0.25) is 5.91 Å². The maximum Gasteiger partial charge on any atom is 0.321 e. The molecule has 6 nitrogen and oxygen atoms in total. The van der Waals surface area contributed by atoms with Gasteiger partial charge in [0.15, 0.2) is 0 Å². The van der Waals surface area contributed by atoms with Gasteiger partial charge in [0.1, 0.15) is 6.04 Å². The van der Waals surface area contributed by atoms with Crippen LogP contribution in [0.3, 0.4) is 0 Å². The topological polar surface area (TPSA) is 89.9 Å². The van der Waals surface area contributed by atoms with Crippen molar-refractivity contribution in [2.45, 2.75) is 25.5 Å². The second-order valence-electron chi connectivity index (χ2n) is 5.13. The van der Waals surface area contributed by atoms with Crippen molar-refractivity contribution >= 4 is 29.2 Å². The molecule has 114 valence electrons. The first kappa shape index (κ1) is 15.8. The van der Waals surface area contributed by atoms with E-state index in [2.05, 4.69) is 5.32 Å². The molecule has 2 rings (SSSR count). The number of carboxylic acid groups (broad SMARTS) is 1. The quantitative estimate of drug-likeness (QED) is 0.775. The van der Waals surface area contributed by atoms with Gasteiger partial charge < -0.3 is 15.5 Å². The zero-order valence-corrected chi connectivity index (χ0v) is 12.3. The van der Waals surface area contributed by atoms with E-state index in [4.69, 9.17) is 16.7 Å². The molecule has 0 bridgehead atoms. The lowest BCUT2D eigenvalue weighted by molar-refractivity contribution is -0.142. The Morgan fingerprint density at radius 2 is 2.19 bits per heavy atom. The number of aliphatic carboxylic acids is 1. The number of aliphatic hydroxyl groups excluding tert-OH is 1. The highest BCUT2D eigenvalue weighted by molar-refractivity contribution is 6.31. The molecular weight excluding hydrogens is 296 g/mol. The fourth-order valence-corrected chi connectivity index (χ4v) is 2.60.